The Morgan fingerprint density at radius 2 is 1.42 bits per heavy atom. The summed E-state index contributed by atoms with van der Waals surface area (Å²) in [6.07, 6.45) is 3.26. The van der Waals surface area contributed by atoms with Crippen LogP contribution in [0.2, 0.25) is 0 Å². The summed E-state index contributed by atoms with van der Waals surface area (Å²) in [5, 5.41) is 1.20. The average Bonchev–Trinajstić information content (AvgIpc) is 2.96. The van der Waals surface area contributed by atoms with Crippen LogP contribution in [-0.2, 0) is 0 Å². The molecule has 0 saturated heterocycles. The monoisotopic (exact) mass is 248 g/mol. The van der Waals surface area contributed by atoms with Crippen LogP contribution in [0.4, 0.5) is 0 Å². The maximum Gasteiger partial charge on any atom is 0.181 e. The lowest BCUT2D eigenvalue weighted by Crippen LogP contribution is -1.73. The number of oxazole rings is 1. The van der Waals surface area contributed by atoms with Gasteiger partial charge >= 0.3 is 0 Å². The van der Waals surface area contributed by atoms with Crippen molar-refractivity contribution in [1.29, 1.82) is 0 Å². The summed E-state index contributed by atoms with van der Waals surface area (Å²) >= 11 is 0. The molecule has 0 spiro atoms. The van der Waals surface area contributed by atoms with Crippen molar-refractivity contribution in [3.05, 3.63) is 73.3 Å². The van der Waals surface area contributed by atoms with Crippen molar-refractivity contribution in [3.63, 3.8) is 0 Å². The first-order valence-corrected chi connectivity index (χ1v) is 6.01. The fraction of sp³-hybridized carbons (Fsp3) is 0. The summed E-state index contributed by atoms with van der Waals surface area (Å²) in [6, 6.07) is 19.8. The zero-order valence-electron chi connectivity index (χ0n) is 10.2. The van der Waals surface area contributed by atoms with E-state index in [0.717, 1.165) is 16.6 Å². The number of hydrogen-bond donors (Lipinski definition) is 0. The van der Waals surface area contributed by atoms with E-state index in [-0.39, 0.29) is 0 Å². The second-order valence-electron chi connectivity index (χ2n) is 4.02. The fourth-order valence-corrected chi connectivity index (χ4v) is 1.82. The van der Waals surface area contributed by atoms with Gasteiger partial charge in [0.25, 0.3) is 0 Å². The first-order valence-electron chi connectivity index (χ1n) is 6.01. The van der Waals surface area contributed by atoms with E-state index in [9.17, 15) is 0 Å². The molecule has 4 aromatic rings. The Hall–Kier alpha value is -2.68. The molecule has 2 aromatic carbocycles. The van der Waals surface area contributed by atoms with Crippen LogP contribution in [0, 0.1) is 0 Å². The van der Waals surface area contributed by atoms with E-state index in [1.165, 1.54) is 11.8 Å². The van der Waals surface area contributed by atoms with E-state index >= 15 is 0 Å². The molecular formula is C16H12N2O. The largest absolute Gasteiger partial charge is 0.443 e. The van der Waals surface area contributed by atoms with Gasteiger partial charge in [0.05, 0.1) is 5.52 Å². The standard InChI is InChI=1S/C9H7N.C7H5NO/c1-2-6-9-8(4-1)5-3-7-10-9;1-2-4-7-6(3-1)8-5-9-7/h1-7H;1-5H. The number of rotatable bonds is 0. The zero-order chi connectivity index (χ0) is 12.9. The van der Waals surface area contributed by atoms with Crippen LogP contribution < -0.4 is 0 Å². The van der Waals surface area contributed by atoms with E-state index in [1.54, 1.807) is 0 Å². The molecule has 4 rings (SSSR count). The van der Waals surface area contributed by atoms with Gasteiger partial charge < -0.3 is 4.42 Å². The van der Waals surface area contributed by atoms with Gasteiger partial charge in [0.1, 0.15) is 5.52 Å². The predicted octanol–water partition coefficient (Wildman–Crippen LogP) is 4.06. The van der Waals surface area contributed by atoms with E-state index < -0.39 is 0 Å². The quantitative estimate of drug-likeness (QED) is 0.471. The second kappa shape index (κ2) is 5.31. The lowest BCUT2D eigenvalue weighted by atomic mass is 10.2. The van der Waals surface area contributed by atoms with Gasteiger partial charge in [0.2, 0.25) is 0 Å². The van der Waals surface area contributed by atoms with Gasteiger partial charge in [-0.3, -0.25) is 4.98 Å². The summed E-state index contributed by atoms with van der Waals surface area (Å²) in [7, 11) is 0. The smallest absolute Gasteiger partial charge is 0.181 e. The number of para-hydroxylation sites is 3. The van der Waals surface area contributed by atoms with E-state index in [0.29, 0.717) is 0 Å². The Balaban J connectivity index is 0.000000117. The minimum atomic E-state index is 0.845. The second-order valence-corrected chi connectivity index (χ2v) is 4.02. The average molecular weight is 248 g/mol. The third-order valence-corrected chi connectivity index (χ3v) is 2.75. The number of pyridine rings is 1. The number of fused-ring (bicyclic) bond motifs is 2. The minimum absolute atomic E-state index is 0.845. The van der Waals surface area contributed by atoms with Crippen LogP contribution in [0.3, 0.4) is 0 Å². The molecule has 0 radical (unpaired) electrons. The van der Waals surface area contributed by atoms with Crippen molar-refractivity contribution in [1.82, 2.24) is 9.97 Å². The van der Waals surface area contributed by atoms with Crippen molar-refractivity contribution >= 4 is 22.0 Å². The molecule has 19 heavy (non-hydrogen) atoms. The molecule has 0 N–H and O–H groups in total. The number of hydrogen-bond acceptors (Lipinski definition) is 3. The van der Waals surface area contributed by atoms with Gasteiger partial charge in [-0.2, -0.15) is 0 Å². The van der Waals surface area contributed by atoms with Gasteiger partial charge in [0.15, 0.2) is 12.0 Å². The van der Waals surface area contributed by atoms with Crippen molar-refractivity contribution in [2.24, 2.45) is 0 Å². The normalized spacial score (nSPS) is 10.1. The van der Waals surface area contributed by atoms with E-state index in [4.69, 9.17) is 4.42 Å². The number of nitrogens with zero attached hydrogens (tertiary/aromatic N) is 2. The van der Waals surface area contributed by atoms with Crippen molar-refractivity contribution in [3.8, 4) is 0 Å². The number of benzene rings is 2. The Labute approximate surface area is 110 Å². The Kier molecular flexibility index (Phi) is 3.19. The molecule has 92 valence electrons. The lowest BCUT2D eigenvalue weighted by molar-refractivity contribution is 0.602. The van der Waals surface area contributed by atoms with Crippen molar-refractivity contribution in [2.75, 3.05) is 0 Å². The molecule has 0 atom stereocenters. The Bertz CT molecular complexity index is 697. The Morgan fingerprint density at radius 3 is 2.26 bits per heavy atom. The Morgan fingerprint density at radius 1 is 0.684 bits per heavy atom. The summed E-state index contributed by atoms with van der Waals surface area (Å²) in [6.45, 7) is 0. The molecule has 0 aliphatic rings. The highest BCUT2D eigenvalue weighted by Crippen LogP contribution is 2.09. The molecule has 2 aromatic heterocycles. The van der Waals surface area contributed by atoms with E-state index in [1.807, 2.05) is 54.7 Å². The first kappa shape index (κ1) is 11.4. The minimum Gasteiger partial charge on any atom is -0.443 e. The summed E-state index contributed by atoms with van der Waals surface area (Å²) < 4.78 is 5.01. The van der Waals surface area contributed by atoms with Gasteiger partial charge in [0, 0.05) is 11.6 Å². The van der Waals surface area contributed by atoms with Crippen LogP contribution in [-0.4, -0.2) is 9.97 Å². The summed E-state index contributed by atoms with van der Waals surface area (Å²) in [4.78, 5) is 8.13. The van der Waals surface area contributed by atoms with Crippen molar-refractivity contribution < 1.29 is 4.42 Å². The van der Waals surface area contributed by atoms with E-state index in [2.05, 4.69) is 22.1 Å². The maximum absolute atomic E-state index is 5.01. The molecule has 3 heteroatoms. The fourth-order valence-electron chi connectivity index (χ4n) is 1.82. The lowest BCUT2D eigenvalue weighted by Gasteiger charge is -1.91. The molecule has 0 saturated carbocycles. The highest BCUT2D eigenvalue weighted by atomic mass is 16.3. The topological polar surface area (TPSA) is 38.9 Å². The molecule has 0 unspecified atom stereocenters. The highest BCUT2D eigenvalue weighted by Gasteiger charge is 1.91. The number of aromatic nitrogens is 2. The van der Waals surface area contributed by atoms with Crippen LogP contribution in [0.1, 0.15) is 0 Å². The van der Waals surface area contributed by atoms with Crippen LogP contribution in [0.25, 0.3) is 22.0 Å². The van der Waals surface area contributed by atoms with Crippen molar-refractivity contribution in [2.45, 2.75) is 0 Å². The third-order valence-electron chi connectivity index (χ3n) is 2.75. The molecule has 0 amide bonds. The van der Waals surface area contributed by atoms with Gasteiger partial charge in [-0.15, -0.1) is 0 Å². The van der Waals surface area contributed by atoms with Crippen LogP contribution in [0.5, 0.6) is 0 Å². The third kappa shape index (κ3) is 2.60. The van der Waals surface area contributed by atoms with Gasteiger partial charge in [-0.1, -0.05) is 36.4 Å². The molecule has 0 bridgehead atoms. The van der Waals surface area contributed by atoms with Gasteiger partial charge in [-0.25, -0.2) is 4.98 Å². The maximum atomic E-state index is 5.01. The molecule has 0 aliphatic heterocycles. The SMILES string of the molecule is c1ccc2ncccc2c1.c1ccc2ocnc2c1. The molecule has 3 nitrogen and oxygen atoms in total. The predicted molar refractivity (Wildman–Crippen MR) is 75.8 cm³/mol. The molecule has 0 aliphatic carbocycles. The first-order chi connectivity index (χ1) is 9.43. The summed E-state index contributed by atoms with van der Waals surface area (Å²) in [5.74, 6) is 0. The summed E-state index contributed by atoms with van der Waals surface area (Å²) in [5.41, 5.74) is 2.82. The highest BCUT2D eigenvalue weighted by molar-refractivity contribution is 5.77. The zero-order valence-corrected chi connectivity index (χ0v) is 10.2. The van der Waals surface area contributed by atoms with Crippen LogP contribution >= 0.6 is 0 Å². The molecule has 0 fully saturated rings. The molecular weight excluding hydrogens is 236 g/mol. The van der Waals surface area contributed by atoms with Gasteiger partial charge in [-0.05, 0) is 24.3 Å². The van der Waals surface area contributed by atoms with Crippen LogP contribution in [0.15, 0.2) is 77.7 Å². The molecule has 2 heterocycles.